The van der Waals surface area contributed by atoms with Crippen molar-refractivity contribution in [2.75, 3.05) is 33.4 Å². The number of carbonyl (C=O) groups excluding carboxylic acids is 5. The van der Waals surface area contributed by atoms with Crippen molar-refractivity contribution in [1.82, 2.24) is 9.80 Å². The molecule has 258 valence electrons. The third-order valence-corrected chi connectivity index (χ3v) is 7.48. The highest BCUT2D eigenvalue weighted by atomic mass is 32.1. The van der Waals surface area contributed by atoms with Gasteiger partial charge in [-0.2, -0.15) is 0 Å². The van der Waals surface area contributed by atoms with Crippen LogP contribution in [0, 0.1) is 0 Å². The Hall–Kier alpha value is -4.13. The van der Waals surface area contributed by atoms with Crippen molar-refractivity contribution in [3.05, 3.63) is 45.1 Å². The first-order valence-corrected chi connectivity index (χ1v) is 16.1. The van der Waals surface area contributed by atoms with Crippen LogP contribution in [0.5, 0.6) is 11.5 Å². The molecule has 13 heteroatoms. The number of Topliss-reactive ketones (excluding diaryl/α,β-unsaturated/α-hetero) is 1. The smallest absolute Gasteiger partial charge is 0.410 e. The van der Waals surface area contributed by atoms with E-state index in [0.29, 0.717) is 24.4 Å². The largest absolute Gasteiger partial charge is 0.478 e. The fourth-order valence-corrected chi connectivity index (χ4v) is 5.57. The molecule has 0 radical (unpaired) electrons. The Kier molecular flexibility index (Phi) is 11.7. The number of thiophene rings is 1. The van der Waals surface area contributed by atoms with Crippen molar-refractivity contribution >= 4 is 41.1 Å². The first-order chi connectivity index (χ1) is 21.6. The van der Waals surface area contributed by atoms with Gasteiger partial charge in [-0.05, 0) is 98.6 Å². The number of rotatable bonds is 10. The standard InChI is InChI=1S/C34H46N2O10S/c1-32(2,3)44-28(38)19-42-24-12-11-21(15-25(24)43-20-29(39)45-33(4,5)6)23(37)18-35(10)30(40)27-16-22-17-36(14-13-26(22)47-27)31(41)46-34(7,8)9/h11-12,15-16H,13-14,17-20H2,1-10H3. The first-order valence-electron chi connectivity index (χ1n) is 15.3. The number of amides is 2. The van der Waals surface area contributed by atoms with Crippen molar-refractivity contribution < 1.29 is 47.7 Å². The van der Waals surface area contributed by atoms with Gasteiger partial charge in [0.1, 0.15) is 16.8 Å². The molecule has 12 nitrogen and oxygen atoms in total. The van der Waals surface area contributed by atoms with Crippen LogP contribution >= 0.6 is 11.3 Å². The van der Waals surface area contributed by atoms with Crippen LogP contribution in [-0.2, 0) is 36.8 Å². The third-order valence-electron chi connectivity index (χ3n) is 6.25. The minimum Gasteiger partial charge on any atom is -0.478 e. The van der Waals surface area contributed by atoms with Gasteiger partial charge in [0.2, 0.25) is 0 Å². The predicted molar refractivity (Wildman–Crippen MR) is 175 cm³/mol. The van der Waals surface area contributed by atoms with E-state index in [2.05, 4.69) is 0 Å². The van der Waals surface area contributed by atoms with Gasteiger partial charge in [0.05, 0.1) is 18.0 Å². The Labute approximate surface area is 280 Å². The minimum atomic E-state index is -0.731. The molecule has 47 heavy (non-hydrogen) atoms. The number of nitrogens with zero attached hydrogens (tertiary/aromatic N) is 2. The van der Waals surface area contributed by atoms with Gasteiger partial charge in [0.25, 0.3) is 5.91 Å². The number of hydrogen-bond acceptors (Lipinski definition) is 11. The Morgan fingerprint density at radius 2 is 1.34 bits per heavy atom. The molecule has 3 rings (SSSR count). The molecular formula is C34H46N2O10S. The maximum atomic E-state index is 13.3. The highest BCUT2D eigenvalue weighted by Crippen LogP contribution is 2.31. The first kappa shape index (κ1) is 37.3. The number of hydrogen-bond donors (Lipinski definition) is 0. The average molecular weight is 675 g/mol. The second kappa shape index (κ2) is 14.7. The number of ketones is 1. The molecule has 0 bridgehead atoms. The van der Waals surface area contributed by atoms with Gasteiger partial charge in [0.15, 0.2) is 30.5 Å². The monoisotopic (exact) mass is 674 g/mol. The predicted octanol–water partition coefficient (Wildman–Crippen LogP) is 5.44. The summed E-state index contributed by atoms with van der Waals surface area (Å²) in [4.78, 5) is 68.2. The Morgan fingerprint density at radius 1 is 0.787 bits per heavy atom. The normalized spacial score (nSPS) is 13.3. The molecule has 1 aromatic carbocycles. The Bertz CT molecular complexity index is 1490. The molecule has 0 saturated carbocycles. The molecule has 0 saturated heterocycles. The van der Waals surface area contributed by atoms with Gasteiger partial charge in [-0.3, -0.25) is 9.59 Å². The molecule has 1 aromatic heterocycles. The molecular weight excluding hydrogens is 628 g/mol. The molecule has 1 aliphatic heterocycles. The summed E-state index contributed by atoms with van der Waals surface area (Å²) >= 11 is 1.35. The highest BCUT2D eigenvalue weighted by Gasteiger charge is 2.29. The summed E-state index contributed by atoms with van der Waals surface area (Å²) < 4.78 is 27.4. The van der Waals surface area contributed by atoms with Gasteiger partial charge in [-0.15, -0.1) is 11.3 Å². The molecule has 0 spiro atoms. The van der Waals surface area contributed by atoms with E-state index in [4.69, 9.17) is 23.7 Å². The van der Waals surface area contributed by atoms with Crippen LogP contribution < -0.4 is 9.47 Å². The molecule has 2 heterocycles. The van der Waals surface area contributed by atoms with Crippen LogP contribution in [0.2, 0.25) is 0 Å². The quantitative estimate of drug-likeness (QED) is 0.182. The molecule has 0 fully saturated rings. The molecule has 0 unspecified atom stereocenters. The fraction of sp³-hybridized carbons (Fsp3) is 0.559. The molecule has 0 aliphatic carbocycles. The second-order valence-electron chi connectivity index (χ2n) is 14.2. The van der Waals surface area contributed by atoms with Gasteiger partial charge in [0, 0.05) is 24.0 Å². The summed E-state index contributed by atoms with van der Waals surface area (Å²) in [5.74, 6) is -1.81. The van der Waals surface area contributed by atoms with E-state index in [1.807, 2.05) is 20.8 Å². The molecule has 2 aromatic rings. The number of esters is 2. The lowest BCUT2D eigenvalue weighted by atomic mass is 10.1. The second-order valence-corrected chi connectivity index (χ2v) is 15.3. The number of fused-ring (bicyclic) bond motifs is 1. The minimum absolute atomic E-state index is 0.0414. The fourth-order valence-electron chi connectivity index (χ4n) is 4.42. The van der Waals surface area contributed by atoms with E-state index in [1.165, 1.54) is 41.5 Å². The average Bonchev–Trinajstić information content (AvgIpc) is 3.35. The SMILES string of the molecule is CN(CC(=O)c1ccc(OCC(=O)OC(C)(C)C)c(OCC(=O)OC(C)(C)C)c1)C(=O)c1cc2c(s1)CCN(C(=O)OC(C)(C)C)C2. The van der Waals surface area contributed by atoms with E-state index in [0.717, 1.165) is 10.4 Å². The van der Waals surface area contributed by atoms with E-state index in [-0.39, 0.29) is 35.3 Å². The van der Waals surface area contributed by atoms with Crippen molar-refractivity contribution in [2.24, 2.45) is 0 Å². The number of likely N-dealkylation sites (N-methyl/N-ethyl adjacent to an activating group) is 1. The van der Waals surface area contributed by atoms with Crippen LogP contribution in [0.25, 0.3) is 0 Å². The Morgan fingerprint density at radius 3 is 1.89 bits per heavy atom. The maximum absolute atomic E-state index is 13.3. The summed E-state index contributed by atoms with van der Waals surface area (Å²) in [5.41, 5.74) is -0.971. The van der Waals surface area contributed by atoms with Gasteiger partial charge in [-0.25, -0.2) is 14.4 Å². The third kappa shape index (κ3) is 11.9. The zero-order valence-corrected chi connectivity index (χ0v) is 29.8. The number of carbonyl (C=O) groups is 5. The van der Waals surface area contributed by atoms with Crippen LogP contribution in [0.1, 0.15) is 92.8 Å². The molecule has 0 atom stereocenters. The zero-order valence-electron chi connectivity index (χ0n) is 28.9. The topological polar surface area (TPSA) is 138 Å². The number of benzene rings is 1. The van der Waals surface area contributed by atoms with E-state index < -0.39 is 48.0 Å². The lowest BCUT2D eigenvalue weighted by molar-refractivity contribution is -0.158. The van der Waals surface area contributed by atoms with Gasteiger partial charge >= 0.3 is 18.0 Å². The number of ether oxygens (including phenoxy) is 5. The Balaban J connectivity index is 1.71. The van der Waals surface area contributed by atoms with Crippen molar-refractivity contribution in [1.29, 1.82) is 0 Å². The summed E-state index contributed by atoms with van der Waals surface area (Å²) in [5, 5.41) is 0. The van der Waals surface area contributed by atoms with Gasteiger partial charge in [-0.1, -0.05) is 0 Å². The molecule has 1 aliphatic rings. The van der Waals surface area contributed by atoms with Gasteiger partial charge < -0.3 is 33.5 Å². The maximum Gasteiger partial charge on any atom is 0.410 e. The lowest BCUT2D eigenvalue weighted by Gasteiger charge is -2.29. The molecule has 0 N–H and O–H groups in total. The van der Waals surface area contributed by atoms with Crippen LogP contribution in [0.4, 0.5) is 4.79 Å². The summed E-state index contributed by atoms with van der Waals surface area (Å²) in [6, 6.07) is 6.10. The van der Waals surface area contributed by atoms with Crippen LogP contribution in [-0.4, -0.2) is 89.7 Å². The molecule has 2 amide bonds. The van der Waals surface area contributed by atoms with Crippen molar-refractivity contribution in [3.8, 4) is 11.5 Å². The van der Waals surface area contributed by atoms with Crippen LogP contribution in [0.15, 0.2) is 24.3 Å². The highest BCUT2D eigenvalue weighted by molar-refractivity contribution is 7.14. The lowest BCUT2D eigenvalue weighted by Crippen LogP contribution is -2.39. The summed E-state index contributed by atoms with van der Waals surface area (Å²) in [7, 11) is 1.53. The van der Waals surface area contributed by atoms with Crippen LogP contribution in [0.3, 0.4) is 0 Å². The summed E-state index contributed by atoms with van der Waals surface area (Å²) in [6.07, 6.45) is 0.199. The van der Waals surface area contributed by atoms with E-state index >= 15 is 0 Å². The van der Waals surface area contributed by atoms with Crippen molar-refractivity contribution in [2.45, 2.75) is 92.1 Å². The van der Waals surface area contributed by atoms with E-state index in [1.54, 1.807) is 52.5 Å². The summed E-state index contributed by atoms with van der Waals surface area (Å²) in [6.45, 7) is 15.5. The zero-order chi connectivity index (χ0) is 35.3. The van der Waals surface area contributed by atoms with Crippen molar-refractivity contribution in [3.63, 3.8) is 0 Å². The van der Waals surface area contributed by atoms with E-state index in [9.17, 15) is 24.0 Å².